The van der Waals surface area contributed by atoms with Crippen LogP contribution in [0.2, 0.25) is 0 Å². The fourth-order valence-electron chi connectivity index (χ4n) is 7.62. The summed E-state index contributed by atoms with van der Waals surface area (Å²) in [5.74, 6) is -0.0800. The quantitative estimate of drug-likeness (QED) is 0.0860. The molecule has 4 aromatic carbocycles. The average molecular weight is 783 g/mol. The first kappa shape index (κ1) is 42.1. The number of carbonyl (C=O) groups is 3. The van der Waals surface area contributed by atoms with E-state index < -0.39 is 17.8 Å². The predicted molar refractivity (Wildman–Crippen MR) is 222 cm³/mol. The van der Waals surface area contributed by atoms with Crippen LogP contribution in [0.1, 0.15) is 80.5 Å². The van der Waals surface area contributed by atoms with Gasteiger partial charge in [-0.2, -0.15) is 0 Å². The fraction of sp³-hybridized carbons (Fsp3) is 0.400. The number of hydrogen-bond donors (Lipinski definition) is 2. The molecule has 0 saturated carbocycles. The zero-order valence-electron chi connectivity index (χ0n) is 32.7. The first-order chi connectivity index (χ1) is 26.6. The van der Waals surface area contributed by atoms with Crippen LogP contribution in [-0.4, -0.2) is 86.2 Å². The highest BCUT2D eigenvalue weighted by atomic mass is 35.5. The summed E-state index contributed by atoms with van der Waals surface area (Å²) >= 11 is 0. The van der Waals surface area contributed by atoms with Crippen LogP contribution >= 0.6 is 12.4 Å². The number of hydrogen-bond acceptors (Lipinski definition) is 7. The maximum absolute atomic E-state index is 13.7. The van der Waals surface area contributed by atoms with Gasteiger partial charge in [0.2, 0.25) is 0 Å². The molecule has 56 heavy (non-hydrogen) atoms. The Balaban J connectivity index is 0.00000600. The Morgan fingerprint density at radius 1 is 0.589 bits per heavy atom. The maximum atomic E-state index is 13.7. The Bertz CT molecular complexity index is 1860. The topological polar surface area (TPSA) is 123 Å². The largest absolute Gasteiger partial charge is 0.448 e. The van der Waals surface area contributed by atoms with E-state index in [1.165, 1.54) is 33.4 Å². The number of unbranched alkanes of at least 4 members (excludes halogenated alkanes) is 1. The van der Waals surface area contributed by atoms with Gasteiger partial charge in [0.25, 0.3) is 0 Å². The van der Waals surface area contributed by atoms with Crippen molar-refractivity contribution in [3.63, 3.8) is 0 Å². The van der Waals surface area contributed by atoms with E-state index in [-0.39, 0.29) is 43.5 Å². The SMILES string of the molecule is CC(C)(C)OC(=O)NCCCN(CCCCN(CCCN)C(=O)OCC1c2ccccc2-c2ccccc21)C(=O)OCC1c2ccccc2-c2ccccc21.Cl. The summed E-state index contributed by atoms with van der Waals surface area (Å²) in [6, 6.07) is 33.1. The van der Waals surface area contributed by atoms with Crippen molar-refractivity contribution in [3.8, 4) is 22.3 Å². The average Bonchev–Trinajstić information content (AvgIpc) is 3.68. The molecule has 0 spiro atoms. The molecule has 3 N–H and O–H groups in total. The monoisotopic (exact) mass is 782 g/mol. The Kier molecular flexibility index (Phi) is 14.8. The van der Waals surface area contributed by atoms with Gasteiger partial charge in [0.1, 0.15) is 18.8 Å². The predicted octanol–water partition coefficient (Wildman–Crippen LogP) is 8.95. The standard InChI is InChI=1S/C45H54N4O6.ClH/c1-45(2,3)55-42(50)47-25-15-29-49(44(52)54-31-41-38-22-10-6-18-34(38)35-19-7-11-23-39(35)41)27-13-12-26-48(28-14-24-46)43(51)53-30-40-36-20-8-4-16-32(36)33-17-5-9-21-37(33)40;/h4-11,16-23,40-41H,12-15,24-31,46H2,1-3H3,(H,47,50);1H. The van der Waals surface area contributed by atoms with Gasteiger partial charge in [0.15, 0.2) is 0 Å². The maximum Gasteiger partial charge on any atom is 0.409 e. The molecule has 0 unspecified atom stereocenters. The van der Waals surface area contributed by atoms with Crippen LogP contribution in [0.15, 0.2) is 97.1 Å². The molecule has 0 fully saturated rings. The van der Waals surface area contributed by atoms with Gasteiger partial charge in [0, 0.05) is 44.6 Å². The zero-order chi connectivity index (χ0) is 38.8. The number of nitrogens with one attached hydrogen (secondary N) is 1. The van der Waals surface area contributed by atoms with E-state index in [0.29, 0.717) is 65.0 Å². The zero-order valence-corrected chi connectivity index (χ0v) is 33.5. The van der Waals surface area contributed by atoms with Crippen molar-refractivity contribution in [1.82, 2.24) is 15.1 Å². The molecule has 3 amide bonds. The lowest BCUT2D eigenvalue weighted by molar-refractivity contribution is 0.0525. The number of ether oxygens (including phenoxy) is 3. The number of benzene rings is 4. The molecule has 0 aliphatic heterocycles. The Morgan fingerprint density at radius 2 is 0.946 bits per heavy atom. The third-order valence-corrected chi connectivity index (χ3v) is 10.2. The Labute approximate surface area is 337 Å². The van der Waals surface area contributed by atoms with Crippen LogP contribution in [0.5, 0.6) is 0 Å². The molecule has 0 heterocycles. The summed E-state index contributed by atoms with van der Waals surface area (Å²) in [4.78, 5) is 42.9. The smallest absolute Gasteiger partial charge is 0.409 e. The molecule has 2 aliphatic carbocycles. The number of rotatable bonds is 16. The molecule has 0 radical (unpaired) electrons. The number of fused-ring (bicyclic) bond motifs is 6. The Hall–Kier alpha value is -5.06. The van der Waals surface area contributed by atoms with Gasteiger partial charge in [-0.25, -0.2) is 14.4 Å². The number of amides is 3. The van der Waals surface area contributed by atoms with Crippen molar-refractivity contribution in [2.75, 3.05) is 52.5 Å². The molecular weight excluding hydrogens is 728 g/mol. The van der Waals surface area contributed by atoms with Crippen molar-refractivity contribution in [2.24, 2.45) is 5.73 Å². The van der Waals surface area contributed by atoms with Crippen LogP contribution in [0.4, 0.5) is 14.4 Å². The molecule has 0 saturated heterocycles. The first-order valence-corrected chi connectivity index (χ1v) is 19.5. The van der Waals surface area contributed by atoms with E-state index in [2.05, 4.69) is 53.8 Å². The Morgan fingerprint density at radius 3 is 1.32 bits per heavy atom. The summed E-state index contributed by atoms with van der Waals surface area (Å²) in [5, 5.41) is 2.78. The minimum atomic E-state index is -0.602. The third kappa shape index (κ3) is 10.4. The molecule has 11 heteroatoms. The van der Waals surface area contributed by atoms with E-state index in [4.69, 9.17) is 19.9 Å². The fourth-order valence-corrected chi connectivity index (χ4v) is 7.62. The van der Waals surface area contributed by atoms with Gasteiger partial charge >= 0.3 is 18.3 Å². The van der Waals surface area contributed by atoms with Crippen molar-refractivity contribution < 1.29 is 28.6 Å². The molecule has 4 aromatic rings. The van der Waals surface area contributed by atoms with Crippen LogP contribution in [-0.2, 0) is 14.2 Å². The molecule has 6 rings (SSSR count). The number of carbonyl (C=O) groups excluding carboxylic acids is 3. The number of nitrogens with zero attached hydrogens (tertiary/aromatic N) is 2. The molecule has 0 atom stereocenters. The lowest BCUT2D eigenvalue weighted by Gasteiger charge is -2.26. The third-order valence-electron chi connectivity index (χ3n) is 10.2. The molecule has 2 aliphatic rings. The highest BCUT2D eigenvalue weighted by Gasteiger charge is 2.31. The van der Waals surface area contributed by atoms with Crippen LogP contribution < -0.4 is 11.1 Å². The van der Waals surface area contributed by atoms with Gasteiger partial charge in [-0.15, -0.1) is 12.4 Å². The summed E-state index contributed by atoms with van der Waals surface area (Å²) in [7, 11) is 0. The summed E-state index contributed by atoms with van der Waals surface area (Å²) < 4.78 is 17.4. The van der Waals surface area contributed by atoms with Crippen molar-refractivity contribution in [3.05, 3.63) is 119 Å². The van der Waals surface area contributed by atoms with Crippen molar-refractivity contribution >= 4 is 30.7 Å². The van der Waals surface area contributed by atoms with Gasteiger partial charge in [-0.3, -0.25) is 0 Å². The van der Waals surface area contributed by atoms with E-state index in [9.17, 15) is 14.4 Å². The second kappa shape index (κ2) is 19.7. The first-order valence-electron chi connectivity index (χ1n) is 19.5. The summed E-state index contributed by atoms with van der Waals surface area (Å²) in [6.45, 7) is 8.48. The van der Waals surface area contributed by atoms with E-state index in [1.807, 2.05) is 69.3 Å². The highest BCUT2D eigenvalue weighted by molar-refractivity contribution is 5.85. The number of alkyl carbamates (subject to hydrolysis) is 1. The van der Waals surface area contributed by atoms with Gasteiger partial charge in [0.05, 0.1) is 0 Å². The van der Waals surface area contributed by atoms with E-state index in [0.717, 1.165) is 11.1 Å². The van der Waals surface area contributed by atoms with Crippen LogP contribution in [0.3, 0.4) is 0 Å². The van der Waals surface area contributed by atoms with Gasteiger partial charge in [-0.1, -0.05) is 97.1 Å². The second-order valence-corrected chi connectivity index (χ2v) is 15.2. The van der Waals surface area contributed by atoms with E-state index in [1.54, 1.807) is 9.80 Å². The molecule has 0 aromatic heterocycles. The normalized spacial score (nSPS) is 12.7. The van der Waals surface area contributed by atoms with Crippen molar-refractivity contribution in [2.45, 2.75) is 63.9 Å². The minimum absolute atomic E-state index is 0. The van der Waals surface area contributed by atoms with Crippen molar-refractivity contribution in [1.29, 1.82) is 0 Å². The molecule has 298 valence electrons. The minimum Gasteiger partial charge on any atom is -0.448 e. The lowest BCUT2D eigenvalue weighted by atomic mass is 9.98. The van der Waals surface area contributed by atoms with E-state index >= 15 is 0 Å². The van der Waals surface area contributed by atoms with Gasteiger partial charge < -0.3 is 35.1 Å². The second-order valence-electron chi connectivity index (χ2n) is 15.2. The van der Waals surface area contributed by atoms with Gasteiger partial charge in [-0.05, 0) is 97.5 Å². The van der Waals surface area contributed by atoms with Crippen LogP contribution in [0.25, 0.3) is 22.3 Å². The lowest BCUT2D eigenvalue weighted by Crippen LogP contribution is -2.38. The summed E-state index contributed by atoms with van der Waals surface area (Å²) in [6.07, 6.45) is 1.20. The number of nitrogens with two attached hydrogens (primary N) is 1. The van der Waals surface area contributed by atoms with Crippen LogP contribution in [0, 0.1) is 0 Å². The summed E-state index contributed by atoms with van der Waals surface area (Å²) in [5.41, 5.74) is 14.6. The molecular formula is C45H55ClN4O6. The highest BCUT2D eigenvalue weighted by Crippen LogP contribution is 2.45. The molecule has 10 nitrogen and oxygen atoms in total. The number of halogens is 1. The molecule has 0 bridgehead atoms.